The molecule has 0 radical (unpaired) electrons. The van der Waals surface area contributed by atoms with Gasteiger partial charge in [0.15, 0.2) is 0 Å². The van der Waals surface area contributed by atoms with Crippen molar-refractivity contribution in [2.75, 3.05) is 44.2 Å². The van der Waals surface area contributed by atoms with Crippen molar-refractivity contribution in [3.63, 3.8) is 0 Å². The van der Waals surface area contributed by atoms with Gasteiger partial charge in [-0.05, 0) is 18.1 Å². The molecule has 148 valence electrons. The number of para-hydroxylation sites is 1. The van der Waals surface area contributed by atoms with Crippen LogP contribution >= 0.6 is 0 Å². The minimum absolute atomic E-state index is 0.165. The number of aryl methyl sites for hydroxylation is 1. The number of nitrogens with zero attached hydrogens (tertiary/aromatic N) is 3. The first-order chi connectivity index (χ1) is 13.6. The minimum Gasteiger partial charge on any atom is -0.367 e. The molecule has 3 fully saturated rings. The SMILES string of the molecule is Cn1cc(C2CCC(=O)NC2=O)c2cccc(N3CC(N4CCNCC4)C3)c21. The van der Waals surface area contributed by atoms with E-state index in [1.807, 2.05) is 0 Å². The molecule has 3 saturated heterocycles. The summed E-state index contributed by atoms with van der Waals surface area (Å²) in [6, 6.07) is 7.01. The van der Waals surface area contributed by atoms with Crippen LogP contribution in [-0.2, 0) is 16.6 Å². The number of fused-ring (bicyclic) bond motifs is 1. The first kappa shape index (κ1) is 17.7. The number of aromatic nitrogens is 1. The number of piperidine rings is 1. The minimum atomic E-state index is -0.248. The average Bonchev–Trinajstić information content (AvgIpc) is 2.99. The number of carbonyl (C=O) groups is 2. The van der Waals surface area contributed by atoms with Gasteiger partial charge in [0.25, 0.3) is 0 Å². The van der Waals surface area contributed by atoms with Gasteiger partial charge in [-0.25, -0.2) is 0 Å². The van der Waals surface area contributed by atoms with Crippen LogP contribution in [0.3, 0.4) is 0 Å². The fourth-order valence-corrected chi connectivity index (χ4v) is 4.93. The number of imide groups is 1. The Balaban J connectivity index is 1.42. The fraction of sp³-hybridized carbons (Fsp3) is 0.524. The maximum absolute atomic E-state index is 12.4. The molecule has 1 aromatic carbocycles. The van der Waals surface area contributed by atoms with Gasteiger partial charge in [-0.3, -0.25) is 19.8 Å². The number of carbonyl (C=O) groups excluding carboxylic acids is 2. The molecule has 28 heavy (non-hydrogen) atoms. The molecule has 1 atom stereocenters. The lowest BCUT2D eigenvalue weighted by molar-refractivity contribution is -0.134. The zero-order valence-electron chi connectivity index (χ0n) is 16.3. The van der Waals surface area contributed by atoms with Crippen molar-refractivity contribution >= 4 is 28.4 Å². The highest BCUT2D eigenvalue weighted by atomic mass is 16.2. The molecule has 3 aliphatic heterocycles. The molecular formula is C21H27N5O2. The summed E-state index contributed by atoms with van der Waals surface area (Å²) >= 11 is 0. The molecule has 2 N–H and O–H groups in total. The van der Waals surface area contributed by atoms with Crippen LogP contribution in [0.4, 0.5) is 5.69 Å². The van der Waals surface area contributed by atoms with E-state index >= 15 is 0 Å². The summed E-state index contributed by atoms with van der Waals surface area (Å²) in [6.07, 6.45) is 3.07. The van der Waals surface area contributed by atoms with Crippen LogP contribution in [0.15, 0.2) is 24.4 Å². The topological polar surface area (TPSA) is 69.6 Å². The van der Waals surface area contributed by atoms with Gasteiger partial charge >= 0.3 is 0 Å². The molecule has 2 amide bonds. The van der Waals surface area contributed by atoms with Gasteiger partial charge in [-0.2, -0.15) is 0 Å². The highest BCUT2D eigenvalue weighted by molar-refractivity contribution is 6.04. The molecule has 1 aromatic heterocycles. The van der Waals surface area contributed by atoms with Gasteiger partial charge in [0.2, 0.25) is 11.8 Å². The van der Waals surface area contributed by atoms with E-state index < -0.39 is 0 Å². The van der Waals surface area contributed by atoms with E-state index in [4.69, 9.17) is 0 Å². The highest BCUT2D eigenvalue weighted by Crippen LogP contribution is 2.38. The Bertz CT molecular complexity index is 924. The van der Waals surface area contributed by atoms with Crippen molar-refractivity contribution in [2.24, 2.45) is 7.05 Å². The Morgan fingerprint density at radius 2 is 1.89 bits per heavy atom. The summed E-state index contributed by atoms with van der Waals surface area (Å²) in [5, 5.41) is 7.04. The van der Waals surface area contributed by atoms with Gasteiger partial charge in [0, 0.05) is 70.4 Å². The van der Waals surface area contributed by atoms with Crippen LogP contribution in [0.5, 0.6) is 0 Å². The van der Waals surface area contributed by atoms with E-state index in [0.29, 0.717) is 18.9 Å². The number of hydrogen-bond acceptors (Lipinski definition) is 5. The predicted octanol–water partition coefficient (Wildman–Crippen LogP) is 0.792. The standard InChI is InChI=1S/C21H27N5O2/c1-24-13-17(16-5-6-19(27)23-21(16)28)15-3-2-4-18(20(15)24)26-11-14(12-26)25-9-7-22-8-10-25/h2-4,13-14,16,22H,5-12H2,1H3,(H,23,27,28). The van der Waals surface area contributed by atoms with Crippen molar-refractivity contribution in [3.8, 4) is 0 Å². The van der Waals surface area contributed by atoms with Gasteiger partial charge in [-0.1, -0.05) is 12.1 Å². The lowest BCUT2D eigenvalue weighted by Gasteiger charge is -2.48. The van der Waals surface area contributed by atoms with Crippen LogP contribution in [0, 0.1) is 0 Å². The largest absolute Gasteiger partial charge is 0.367 e. The van der Waals surface area contributed by atoms with E-state index in [1.165, 1.54) is 11.2 Å². The molecular weight excluding hydrogens is 354 g/mol. The maximum atomic E-state index is 12.4. The van der Waals surface area contributed by atoms with Gasteiger partial charge in [-0.15, -0.1) is 0 Å². The molecule has 4 heterocycles. The van der Waals surface area contributed by atoms with Crippen molar-refractivity contribution in [1.82, 2.24) is 20.1 Å². The fourth-order valence-electron chi connectivity index (χ4n) is 4.93. The second-order valence-electron chi connectivity index (χ2n) is 8.22. The summed E-state index contributed by atoms with van der Waals surface area (Å²) in [6.45, 7) is 6.54. The smallest absolute Gasteiger partial charge is 0.234 e. The third-order valence-electron chi connectivity index (χ3n) is 6.50. The van der Waals surface area contributed by atoms with Crippen molar-refractivity contribution < 1.29 is 9.59 Å². The van der Waals surface area contributed by atoms with E-state index in [0.717, 1.165) is 50.2 Å². The van der Waals surface area contributed by atoms with Crippen molar-refractivity contribution in [1.29, 1.82) is 0 Å². The van der Waals surface area contributed by atoms with E-state index in [9.17, 15) is 9.59 Å². The number of rotatable bonds is 3. The van der Waals surface area contributed by atoms with Crippen LogP contribution in [0.1, 0.15) is 24.3 Å². The number of anilines is 1. The van der Waals surface area contributed by atoms with Gasteiger partial charge in [0.1, 0.15) is 0 Å². The predicted molar refractivity (Wildman–Crippen MR) is 108 cm³/mol. The highest BCUT2D eigenvalue weighted by Gasteiger charge is 2.35. The molecule has 0 saturated carbocycles. The first-order valence-corrected chi connectivity index (χ1v) is 10.2. The summed E-state index contributed by atoms with van der Waals surface area (Å²) in [7, 11) is 2.05. The normalized spacial score (nSPS) is 24.5. The van der Waals surface area contributed by atoms with Gasteiger partial charge in [0.05, 0.1) is 17.1 Å². The van der Waals surface area contributed by atoms with Gasteiger partial charge < -0.3 is 14.8 Å². The molecule has 0 bridgehead atoms. The number of piperazine rings is 1. The molecule has 0 aliphatic carbocycles. The van der Waals surface area contributed by atoms with E-state index in [2.05, 4.69) is 56.4 Å². The Kier molecular flexibility index (Phi) is 4.36. The molecule has 0 spiro atoms. The maximum Gasteiger partial charge on any atom is 0.234 e. The Hall–Kier alpha value is -2.38. The van der Waals surface area contributed by atoms with Crippen LogP contribution in [0.25, 0.3) is 10.9 Å². The summed E-state index contributed by atoms with van der Waals surface area (Å²) in [4.78, 5) is 29.0. The molecule has 1 unspecified atom stereocenters. The molecule has 7 nitrogen and oxygen atoms in total. The Morgan fingerprint density at radius 1 is 1.11 bits per heavy atom. The Labute approximate surface area is 164 Å². The van der Waals surface area contributed by atoms with Crippen molar-refractivity contribution in [3.05, 3.63) is 30.0 Å². The zero-order chi connectivity index (χ0) is 19.3. The van der Waals surface area contributed by atoms with Crippen LogP contribution in [0.2, 0.25) is 0 Å². The first-order valence-electron chi connectivity index (χ1n) is 10.2. The van der Waals surface area contributed by atoms with Crippen LogP contribution < -0.4 is 15.5 Å². The molecule has 5 rings (SSSR count). The van der Waals surface area contributed by atoms with Crippen LogP contribution in [-0.4, -0.2) is 66.6 Å². The average molecular weight is 381 g/mol. The lowest BCUT2D eigenvalue weighted by Crippen LogP contribution is -2.63. The molecule has 3 aliphatic rings. The third kappa shape index (κ3) is 2.89. The lowest BCUT2D eigenvalue weighted by atomic mass is 9.90. The second kappa shape index (κ2) is 6.90. The quantitative estimate of drug-likeness (QED) is 0.770. The van der Waals surface area contributed by atoms with E-state index in [-0.39, 0.29) is 17.7 Å². The number of benzene rings is 1. The number of hydrogen-bond donors (Lipinski definition) is 2. The molecule has 7 heteroatoms. The Morgan fingerprint density at radius 3 is 2.64 bits per heavy atom. The third-order valence-corrected chi connectivity index (χ3v) is 6.50. The monoisotopic (exact) mass is 381 g/mol. The number of amides is 2. The molecule has 2 aromatic rings. The second-order valence-corrected chi connectivity index (χ2v) is 8.22. The van der Waals surface area contributed by atoms with E-state index in [1.54, 1.807) is 0 Å². The summed E-state index contributed by atoms with van der Waals surface area (Å²) in [5.74, 6) is -0.583. The number of nitrogens with one attached hydrogen (secondary N) is 2. The zero-order valence-corrected chi connectivity index (χ0v) is 16.3. The summed E-state index contributed by atoms with van der Waals surface area (Å²) in [5.41, 5.74) is 3.45. The summed E-state index contributed by atoms with van der Waals surface area (Å²) < 4.78 is 2.14. The van der Waals surface area contributed by atoms with Crippen molar-refractivity contribution in [2.45, 2.75) is 24.8 Å².